The summed E-state index contributed by atoms with van der Waals surface area (Å²) in [4.78, 5) is 34.9. The Hall–Kier alpha value is -1.85. The maximum atomic E-state index is 11.6. The number of carbonyl (C=O) groups excluding carboxylic acids is 3. The highest BCUT2D eigenvalue weighted by atomic mass is 16.2. The fourth-order valence-electron chi connectivity index (χ4n) is 1.70. The molecule has 0 spiro atoms. The average Bonchev–Trinajstić information content (AvgIpc) is 2.74. The Morgan fingerprint density at radius 3 is 2.75 bits per heavy atom. The van der Waals surface area contributed by atoms with Gasteiger partial charge in [-0.3, -0.25) is 14.4 Å². The van der Waals surface area contributed by atoms with Crippen molar-refractivity contribution < 1.29 is 14.4 Å². The Morgan fingerprint density at radius 1 is 1.50 bits per heavy atom. The summed E-state index contributed by atoms with van der Waals surface area (Å²) in [5.74, 6) is -1.21. The van der Waals surface area contributed by atoms with Gasteiger partial charge in [-0.2, -0.15) is 0 Å². The molecule has 1 heterocycles. The number of nitrogens with one attached hydrogen (secondary N) is 1. The van der Waals surface area contributed by atoms with Gasteiger partial charge in [0.05, 0.1) is 6.54 Å². The van der Waals surface area contributed by atoms with E-state index in [1.807, 2.05) is 0 Å². The van der Waals surface area contributed by atoms with Crippen LogP contribution in [0.25, 0.3) is 0 Å². The van der Waals surface area contributed by atoms with E-state index in [9.17, 15) is 14.4 Å². The lowest BCUT2D eigenvalue weighted by molar-refractivity contribution is -0.137. The van der Waals surface area contributed by atoms with Gasteiger partial charge in [0.25, 0.3) is 0 Å². The molecule has 3 N–H and O–H groups in total. The fourth-order valence-corrected chi connectivity index (χ4v) is 1.70. The highest BCUT2D eigenvalue weighted by molar-refractivity contribution is 5.92. The van der Waals surface area contributed by atoms with Crippen LogP contribution in [0.4, 0.5) is 0 Å². The number of primary amides is 1. The number of carbonyl (C=O) groups is 3. The van der Waals surface area contributed by atoms with E-state index >= 15 is 0 Å². The number of nitrogens with two attached hydrogens (primary N) is 1. The summed E-state index contributed by atoms with van der Waals surface area (Å²) < 4.78 is 0. The van der Waals surface area contributed by atoms with Gasteiger partial charge in [-0.1, -0.05) is 6.58 Å². The van der Waals surface area contributed by atoms with Crippen LogP contribution in [-0.4, -0.2) is 41.8 Å². The lowest BCUT2D eigenvalue weighted by Crippen LogP contribution is -2.47. The molecule has 1 aliphatic heterocycles. The van der Waals surface area contributed by atoms with Crippen molar-refractivity contribution in [1.29, 1.82) is 0 Å². The minimum atomic E-state index is -0.534. The first-order chi connectivity index (χ1) is 7.56. The van der Waals surface area contributed by atoms with Crippen molar-refractivity contribution in [2.45, 2.75) is 18.9 Å². The zero-order chi connectivity index (χ0) is 12.1. The Bertz CT molecular complexity index is 327. The molecule has 6 nitrogen and oxygen atoms in total. The lowest BCUT2D eigenvalue weighted by Gasteiger charge is -2.22. The molecule has 88 valence electrons. The van der Waals surface area contributed by atoms with Gasteiger partial charge >= 0.3 is 0 Å². The molecule has 0 aromatic carbocycles. The first kappa shape index (κ1) is 12.2. The molecule has 1 fully saturated rings. The van der Waals surface area contributed by atoms with Crippen LogP contribution in [0.15, 0.2) is 12.7 Å². The molecule has 1 unspecified atom stereocenters. The molecule has 6 heteroatoms. The summed E-state index contributed by atoms with van der Waals surface area (Å²) in [5, 5.41) is 2.37. The third kappa shape index (κ3) is 2.82. The van der Waals surface area contributed by atoms with Gasteiger partial charge in [0.15, 0.2) is 0 Å². The van der Waals surface area contributed by atoms with E-state index in [-0.39, 0.29) is 12.5 Å². The molecule has 0 aromatic rings. The zero-order valence-electron chi connectivity index (χ0n) is 8.94. The second-order valence-electron chi connectivity index (χ2n) is 3.57. The summed E-state index contributed by atoms with van der Waals surface area (Å²) in [7, 11) is 0. The van der Waals surface area contributed by atoms with E-state index in [4.69, 9.17) is 5.73 Å². The van der Waals surface area contributed by atoms with E-state index < -0.39 is 17.9 Å². The first-order valence-corrected chi connectivity index (χ1v) is 5.05. The first-order valence-electron chi connectivity index (χ1n) is 5.05. The number of hydrogen-bond donors (Lipinski definition) is 2. The third-order valence-corrected chi connectivity index (χ3v) is 2.50. The number of hydrogen-bond acceptors (Lipinski definition) is 3. The van der Waals surface area contributed by atoms with Crippen molar-refractivity contribution in [2.75, 3.05) is 13.1 Å². The van der Waals surface area contributed by atoms with Crippen molar-refractivity contribution in [2.24, 2.45) is 5.73 Å². The van der Waals surface area contributed by atoms with Crippen LogP contribution >= 0.6 is 0 Å². The highest BCUT2D eigenvalue weighted by Gasteiger charge is 2.32. The molecule has 1 rings (SSSR count). The van der Waals surface area contributed by atoms with E-state index in [1.54, 1.807) is 0 Å². The van der Waals surface area contributed by atoms with Gasteiger partial charge in [-0.25, -0.2) is 0 Å². The SMILES string of the molecule is C=CC(=O)NCC(=O)N1CCCC1C(N)=O. The van der Waals surface area contributed by atoms with Crippen molar-refractivity contribution >= 4 is 17.7 Å². The fraction of sp³-hybridized carbons (Fsp3) is 0.500. The normalized spacial score (nSPS) is 19.2. The average molecular weight is 225 g/mol. The van der Waals surface area contributed by atoms with Gasteiger partial charge in [0.1, 0.15) is 6.04 Å². The maximum absolute atomic E-state index is 11.6. The van der Waals surface area contributed by atoms with Gasteiger partial charge in [0, 0.05) is 6.54 Å². The van der Waals surface area contributed by atoms with Crippen molar-refractivity contribution in [3.05, 3.63) is 12.7 Å². The zero-order valence-corrected chi connectivity index (χ0v) is 8.94. The molecule has 0 saturated carbocycles. The molecule has 0 aliphatic carbocycles. The largest absolute Gasteiger partial charge is 0.368 e. The molecular formula is C10H15N3O3. The monoisotopic (exact) mass is 225 g/mol. The minimum Gasteiger partial charge on any atom is -0.368 e. The van der Waals surface area contributed by atoms with Crippen LogP contribution in [0.5, 0.6) is 0 Å². The van der Waals surface area contributed by atoms with Crippen LogP contribution in [0.2, 0.25) is 0 Å². The Morgan fingerprint density at radius 2 is 2.19 bits per heavy atom. The van der Waals surface area contributed by atoms with Crippen LogP contribution < -0.4 is 11.1 Å². The smallest absolute Gasteiger partial charge is 0.243 e. The van der Waals surface area contributed by atoms with Crippen LogP contribution in [0, 0.1) is 0 Å². The molecule has 0 bridgehead atoms. The molecule has 1 saturated heterocycles. The number of amides is 3. The second kappa shape index (κ2) is 5.29. The predicted molar refractivity (Wildman–Crippen MR) is 57.1 cm³/mol. The summed E-state index contributed by atoms with van der Waals surface area (Å²) in [6.07, 6.45) is 2.44. The molecule has 3 amide bonds. The maximum Gasteiger partial charge on any atom is 0.243 e. The second-order valence-corrected chi connectivity index (χ2v) is 3.57. The molecule has 16 heavy (non-hydrogen) atoms. The Labute approximate surface area is 93.5 Å². The number of nitrogens with zero attached hydrogens (tertiary/aromatic N) is 1. The van der Waals surface area contributed by atoms with Gasteiger partial charge < -0.3 is 16.0 Å². The van der Waals surface area contributed by atoms with Gasteiger partial charge in [-0.05, 0) is 18.9 Å². The van der Waals surface area contributed by atoms with E-state index in [0.29, 0.717) is 13.0 Å². The van der Waals surface area contributed by atoms with Crippen molar-refractivity contribution in [3.8, 4) is 0 Å². The molecule has 1 atom stereocenters. The predicted octanol–water partition coefficient (Wildman–Crippen LogP) is -1.24. The van der Waals surface area contributed by atoms with Crippen molar-refractivity contribution in [3.63, 3.8) is 0 Å². The lowest BCUT2D eigenvalue weighted by atomic mass is 10.2. The van der Waals surface area contributed by atoms with Gasteiger partial charge in [-0.15, -0.1) is 0 Å². The van der Waals surface area contributed by atoms with E-state index in [2.05, 4.69) is 11.9 Å². The summed E-state index contributed by atoms with van der Waals surface area (Å²) in [5.41, 5.74) is 5.17. The standard InChI is InChI=1S/C10H15N3O3/c1-2-8(14)12-6-9(15)13-5-3-4-7(13)10(11)16/h2,7H,1,3-6H2,(H2,11,16)(H,12,14). The Balaban J connectivity index is 2.50. The number of rotatable bonds is 4. The molecule has 0 radical (unpaired) electrons. The van der Waals surface area contributed by atoms with Crippen LogP contribution in [0.3, 0.4) is 0 Å². The van der Waals surface area contributed by atoms with Crippen LogP contribution in [0.1, 0.15) is 12.8 Å². The summed E-state index contributed by atoms with van der Waals surface area (Å²) in [6, 6.07) is -0.534. The van der Waals surface area contributed by atoms with Crippen molar-refractivity contribution in [1.82, 2.24) is 10.2 Å². The molecular weight excluding hydrogens is 210 g/mol. The van der Waals surface area contributed by atoms with E-state index in [0.717, 1.165) is 12.5 Å². The summed E-state index contributed by atoms with van der Waals surface area (Å²) >= 11 is 0. The quantitative estimate of drug-likeness (QED) is 0.586. The highest BCUT2D eigenvalue weighted by Crippen LogP contribution is 2.16. The van der Waals surface area contributed by atoms with Crippen LogP contribution in [-0.2, 0) is 14.4 Å². The number of likely N-dealkylation sites (tertiary alicyclic amines) is 1. The third-order valence-electron chi connectivity index (χ3n) is 2.50. The van der Waals surface area contributed by atoms with Gasteiger partial charge in [0.2, 0.25) is 17.7 Å². The summed E-state index contributed by atoms with van der Waals surface area (Å²) in [6.45, 7) is 3.65. The molecule has 1 aliphatic rings. The Kier molecular flexibility index (Phi) is 4.04. The molecule has 0 aromatic heterocycles. The van der Waals surface area contributed by atoms with E-state index in [1.165, 1.54) is 4.90 Å². The topological polar surface area (TPSA) is 92.5 Å². The minimum absolute atomic E-state index is 0.130.